The van der Waals surface area contributed by atoms with Crippen LogP contribution in [-0.4, -0.2) is 82.1 Å². The summed E-state index contributed by atoms with van der Waals surface area (Å²) < 4.78 is 69.5. The Balaban J connectivity index is 0.000000271. The summed E-state index contributed by atoms with van der Waals surface area (Å²) in [4.78, 5) is 36.8. The van der Waals surface area contributed by atoms with Crippen LogP contribution in [0.1, 0.15) is 24.8 Å². The number of alkyl halides is 6. The van der Waals surface area contributed by atoms with Crippen LogP contribution in [0.2, 0.25) is 0 Å². The lowest BCUT2D eigenvalue weighted by Gasteiger charge is -2.32. The van der Waals surface area contributed by atoms with Crippen molar-refractivity contribution in [1.82, 2.24) is 15.2 Å². The number of rotatable bonds is 5. The number of carbonyl (C=O) groups is 3. The Morgan fingerprint density at radius 1 is 1.06 bits per heavy atom. The van der Waals surface area contributed by atoms with Gasteiger partial charge in [-0.1, -0.05) is 6.07 Å². The van der Waals surface area contributed by atoms with E-state index >= 15 is 0 Å². The zero-order valence-electron chi connectivity index (χ0n) is 18.8. The number of aromatic nitrogens is 1. The summed E-state index contributed by atoms with van der Waals surface area (Å²) in [7, 11) is 0. The van der Waals surface area contributed by atoms with E-state index in [0.29, 0.717) is 6.54 Å². The number of carboxylic acids is 2. The minimum atomic E-state index is -5.08. The second-order valence-electron chi connectivity index (χ2n) is 8.49. The monoisotopic (exact) mass is 529 g/mol. The highest BCUT2D eigenvalue weighted by molar-refractivity contribution is 5.79. The van der Waals surface area contributed by atoms with E-state index in [9.17, 15) is 31.1 Å². The summed E-state index contributed by atoms with van der Waals surface area (Å²) in [6.45, 7) is 3.66. The van der Waals surface area contributed by atoms with E-state index in [1.165, 1.54) is 19.4 Å². The fraction of sp³-hybridized carbons (Fsp3) is 0.619. The highest BCUT2D eigenvalue weighted by atomic mass is 19.4. The van der Waals surface area contributed by atoms with E-state index in [1.54, 1.807) is 12.4 Å². The van der Waals surface area contributed by atoms with Crippen LogP contribution in [0.3, 0.4) is 0 Å². The summed E-state index contributed by atoms with van der Waals surface area (Å²) in [5.74, 6) is -4.48. The predicted octanol–water partition coefficient (Wildman–Crippen LogP) is 2.46. The molecule has 1 aromatic rings. The second-order valence-corrected chi connectivity index (χ2v) is 8.49. The standard InChI is InChI=1S/C17H23N3O2.2C2HF3O2/c21-17(19-8-13-2-1-5-18-7-13)15-6-14-10-20(9-12-3-4-12)11-16(15)22-14;2*3-2(4,5)1(6)7/h1-2,5,7,12,14-16H,3-4,6,8-11H2,(H,19,21);2*(H,6,7). The van der Waals surface area contributed by atoms with Crippen LogP contribution in [0.4, 0.5) is 26.3 Å². The zero-order valence-corrected chi connectivity index (χ0v) is 18.8. The van der Waals surface area contributed by atoms with E-state index in [4.69, 9.17) is 24.5 Å². The minimum absolute atomic E-state index is 0.00544. The second kappa shape index (κ2) is 12.3. The SMILES string of the molecule is O=C(NCc1cccnc1)C1CC2CN(CC3CC3)CC1O2.O=C(O)C(F)(F)F.O=C(O)C(F)(F)F. The number of nitrogens with zero attached hydrogens (tertiary/aromatic N) is 2. The number of fused-ring (bicyclic) bond motifs is 2. The lowest BCUT2D eigenvalue weighted by molar-refractivity contribution is -0.193. The maximum absolute atomic E-state index is 12.5. The Hall–Kier alpha value is -2.94. The van der Waals surface area contributed by atoms with Gasteiger partial charge in [-0.05, 0) is 36.8 Å². The third kappa shape index (κ3) is 9.97. The molecule has 3 atom stereocenters. The molecule has 2 saturated heterocycles. The maximum Gasteiger partial charge on any atom is 0.490 e. The normalized spacial score (nSPS) is 23.4. The Morgan fingerprint density at radius 3 is 2.11 bits per heavy atom. The number of hydrogen-bond acceptors (Lipinski definition) is 6. The summed E-state index contributed by atoms with van der Waals surface area (Å²) in [5.41, 5.74) is 1.04. The third-order valence-electron chi connectivity index (χ3n) is 5.46. The minimum Gasteiger partial charge on any atom is -0.475 e. The first-order valence-corrected chi connectivity index (χ1v) is 10.8. The van der Waals surface area contributed by atoms with Crippen molar-refractivity contribution in [2.45, 2.75) is 50.4 Å². The van der Waals surface area contributed by atoms with Gasteiger partial charge in [0, 0.05) is 38.6 Å². The number of ether oxygens (including phenoxy) is 1. The number of carboxylic acid groups (broad SMARTS) is 2. The molecule has 1 aliphatic carbocycles. The van der Waals surface area contributed by atoms with Gasteiger partial charge in [0.25, 0.3) is 0 Å². The van der Waals surface area contributed by atoms with Crippen LogP contribution in [0.25, 0.3) is 0 Å². The lowest BCUT2D eigenvalue weighted by atomic mass is 9.99. The third-order valence-corrected chi connectivity index (χ3v) is 5.46. The van der Waals surface area contributed by atoms with Crippen molar-refractivity contribution < 1.29 is 55.7 Å². The Kier molecular flexibility index (Phi) is 10.0. The van der Waals surface area contributed by atoms with Crippen molar-refractivity contribution in [2.75, 3.05) is 19.6 Å². The van der Waals surface area contributed by atoms with Gasteiger partial charge in [0.2, 0.25) is 5.91 Å². The van der Waals surface area contributed by atoms with Gasteiger partial charge in [-0.15, -0.1) is 0 Å². The number of morpholine rings is 1. The largest absolute Gasteiger partial charge is 0.490 e. The van der Waals surface area contributed by atoms with Crippen molar-refractivity contribution in [1.29, 1.82) is 0 Å². The number of halogens is 6. The molecular formula is C21H25F6N3O6. The van der Waals surface area contributed by atoms with Crippen molar-refractivity contribution in [3.8, 4) is 0 Å². The summed E-state index contributed by atoms with van der Waals surface area (Å²) in [5, 5.41) is 17.3. The molecule has 2 bridgehead atoms. The molecule has 3 heterocycles. The lowest BCUT2D eigenvalue weighted by Crippen LogP contribution is -2.46. The first kappa shape index (κ1) is 29.3. The van der Waals surface area contributed by atoms with Crippen molar-refractivity contribution >= 4 is 17.8 Å². The molecule has 4 rings (SSSR count). The van der Waals surface area contributed by atoms with E-state index in [0.717, 1.165) is 31.0 Å². The number of hydrogen-bond donors (Lipinski definition) is 3. The quantitative estimate of drug-likeness (QED) is 0.497. The molecule has 1 aromatic heterocycles. The van der Waals surface area contributed by atoms with Crippen LogP contribution in [0.5, 0.6) is 0 Å². The Labute approximate surface area is 201 Å². The average Bonchev–Trinajstić information content (AvgIpc) is 3.54. The smallest absolute Gasteiger partial charge is 0.475 e. The van der Waals surface area contributed by atoms with Crippen LogP contribution in [0, 0.1) is 11.8 Å². The average molecular weight is 529 g/mol. The first-order chi connectivity index (χ1) is 16.7. The molecule has 0 radical (unpaired) electrons. The van der Waals surface area contributed by atoms with Gasteiger partial charge < -0.3 is 20.3 Å². The number of likely N-dealkylation sites (tertiary alicyclic amines) is 1. The van der Waals surface area contributed by atoms with Crippen LogP contribution < -0.4 is 5.32 Å². The molecule has 3 unspecified atom stereocenters. The Bertz CT molecular complexity index is 870. The highest BCUT2D eigenvalue weighted by Gasteiger charge is 2.45. The van der Waals surface area contributed by atoms with E-state index < -0.39 is 24.3 Å². The maximum atomic E-state index is 12.5. The summed E-state index contributed by atoms with van der Waals surface area (Å²) in [6.07, 6.45) is -2.69. The van der Waals surface area contributed by atoms with Gasteiger partial charge in [-0.2, -0.15) is 26.3 Å². The summed E-state index contributed by atoms with van der Waals surface area (Å²) in [6, 6.07) is 3.87. The molecule has 3 aliphatic rings. The summed E-state index contributed by atoms with van der Waals surface area (Å²) >= 11 is 0. The molecule has 202 valence electrons. The van der Waals surface area contributed by atoms with Crippen LogP contribution >= 0.6 is 0 Å². The number of carbonyl (C=O) groups excluding carboxylic acids is 1. The van der Waals surface area contributed by atoms with Crippen LogP contribution in [-0.2, 0) is 25.7 Å². The molecule has 0 spiro atoms. The molecule has 3 fully saturated rings. The van der Waals surface area contributed by atoms with Crippen molar-refractivity contribution in [3.05, 3.63) is 30.1 Å². The highest BCUT2D eigenvalue weighted by Crippen LogP contribution is 2.35. The number of pyridine rings is 1. The molecule has 1 saturated carbocycles. The van der Waals surface area contributed by atoms with Crippen LogP contribution in [0.15, 0.2) is 24.5 Å². The molecule has 36 heavy (non-hydrogen) atoms. The van der Waals surface area contributed by atoms with Crippen molar-refractivity contribution in [3.63, 3.8) is 0 Å². The number of amides is 1. The molecule has 3 N–H and O–H groups in total. The first-order valence-electron chi connectivity index (χ1n) is 10.8. The molecule has 15 heteroatoms. The molecule has 1 amide bonds. The van der Waals surface area contributed by atoms with E-state index in [2.05, 4.69) is 15.2 Å². The topological polar surface area (TPSA) is 129 Å². The van der Waals surface area contributed by atoms with Gasteiger partial charge in [-0.3, -0.25) is 14.7 Å². The van der Waals surface area contributed by atoms with Crippen molar-refractivity contribution in [2.24, 2.45) is 11.8 Å². The molecule has 9 nitrogen and oxygen atoms in total. The Morgan fingerprint density at radius 2 is 1.64 bits per heavy atom. The molecular weight excluding hydrogens is 504 g/mol. The fourth-order valence-corrected chi connectivity index (χ4v) is 3.65. The van der Waals surface area contributed by atoms with Gasteiger partial charge in [0.1, 0.15) is 0 Å². The number of aliphatic carboxylic acids is 2. The number of nitrogens with one attached hydrogen (secondary N) is 1. The van der Waals surface area contributed by atoms with E-state index in [-0.39, 0.29) is 24.0 Å². The van der Waals surface area contributed by atoms with Gasteiger partial charge in [-0.25, -0.2) is 9.59 Å². The van der Waals surface area contributed by atoms with Gasteiger partial charge >= 0.3 is 24.3 Å². The zero-order chi connectivity index (χ0) is 27.1. The fourth-order valence-electron chi connectivity index (χ4n) is 3.65. The van der Waals surface area contributed by atoms with Gasteiger partial charge in [0.05, 0.1) is 18.1 Å². The van der Waals surface area contributed by atoms with Gasteiger partial charge in [0.15, 0.2) is 0 Å². The van der Waals surface area contributed by atoms with E-state index in [1.807, 2.05) is 12.1 Å². The predicted molar refractivity (Wildman–Crippen MR) is 109 cm³/mol. The molecule has 0 aromatic carbocycles. The molecule has 2 aliphatic heterocycles.